The highest BCUT2D eigenvalue weighted by atomic mass is 32.2. The third-order valence-electron chi connectivity index (χ3n) is 6.74. The Bertz CT molecular complexity index is 2030. The molecule has 0 bridgehead atoms. The highest BCUT2D eigenvalue weighted by Crippen LogP contribution is 2.41. The molecule has 4 aromatic rings. The number of benzene rings is 1. The van der Waals surface area contributed by atoms with Crippen molar-refractivity contribution in [2.24, 2.45) is 5.16 Å². The molecule has 3 aromatic heterocycles. The molecule has 6 rings (SSSR count). The number of thiazole rings is 1. The number of nitrogens with one attached hydrogen (secondary N) is 1. The summed E-state index contributed by atoms with van der Waals surface area (Å²) in [5.41, 5.74) is 6.28. The maximum atomic E-state index is 13.4. The highest BCUT2D eigenvalue weighted by Gasteiger charge is 2.54. The predicted octanol–water partition coefficient (Wildman–Crippen LogP) is 1.26. The largest absolute Gasteiger partial charge is 0.477 e. The fourth-order valence-corrected chi connectivity index (χ4v) is 7.71. The van der Waals surface area contributed by atoms with Crippen molar-refractivity contribution in [3.8, 4) is 0 Å². The number of carbonyl (C=O) groups excluding carboxylic acids is 3. The molecule has 240 valence electrons. The van der Waals surface area contributed by atoms with Gasteiger partial charge < -0.3 is 26.1 Å². The number of carbonyl (C=O) groups is 5. The van der Waals surface area contributed by atoms with E-state index in [2.05, 4.69) is 30.5 Å². The minimum atomic E-state index is -1.33. The lowest BCUT2D eigenvalue weighted by Crippen LogP contribution is -2.71. The Hall–Kier alpha value is -5.34. The van der Waals surface area contributed by atoms with Crippen molar-refractivity contribution in [1.82, 2.24) is 34.8 Å². The summed E-state index contributed by atoms with van der Waals surface area (Å²) in [4.78, 5) is 81.1. The van der Waals surface area contributed by atoms with Gasteiger partial charge in [0.05, 0.1) is 5.56 Å². The lowest BCUT2D eigenvalue weighted by molar-refractivity contribution is -0.150. The van der Waals surface area contributed by atoms with Crippen molar-refractivity contribution >= 4 is 81.2 Å². The Morgan fingerprint density at radius 1 is 1.15 bits per heavy atom. The number of aliphatic carboxylic acids is 1. The molecule has 0 saturated carbocycles. The first kappa shape index (κ1) is 31.6. The van der Waals surface area contributed by atoms with Gasteiger partial charge in [-0.1, -0.05) is 23.4 Å². The fraction of sp³-hybridized carbons (Fsp3) is 0.185. The van der Waals surface area contributed by atoms with Gasteiger partial charge in [0.15, 0.2) is 10.8 Å². The van der Waals surface area contributed by atoms with E-state index in [1.165, 1.54) is 45.6 Å². The number of oxime groups is 1. The summed E-state index contributed by atoms with van der Waals surface area (Å²) in [5.74, 6) is -5.08. The van der Waals surface area contributed by atoms with E-state index >= 15 is 0 Å². The van der Waals surface area contributed by atoms with E-state index in [4.69, 9.17) is 10.6 Å². The Balaban J connectivity index is 1.19. The number of aromatic carboxylic acids is 1. The van der Waals surface area contributed by atoms with Crippen LogP contribution in [0.15, 0.2) is 63.2 Å². The number of carboxylic acid groups (broad SMARTS) is 2. The van der Waals surface area contributed by atoms with Crippen molar-refractivity contribution in [2.75, 3.05) is 17.2 Å². The summed E-state index contributed by atoms with van der Waals surface area (Å²) in [6.07, 6.45) is 0. The van der Waals surface area contributed by atoms with Crippen LogP contribution in [0.1, 0.15) is 32.4 Å². The zero-order valence-corrected chi connectivity index (χ0v) is 26.3. The molecule has 47 heavy (non-hydrogen) atoms. The van der Waals surface area contributed by atoms with Crippen LogP contribution in [0, 0.1) is 6.92 Å². The van der Waals surface area contributed by atoms with E-state index in [1.807, 2.05) is 0 Å². The average Bonchev–Trinajstić information content (AvgIpc) is 3.68. The molecule has 17 nitrogen and oxygen atoms in total. The molecule has 20 heteroatoms. The monoisotopic (exact) mass is 695 g/mol. The van der Waals surface area contributed by atoms with Crippen LogP contribution >= 0.6 is 34.9 Å². The molecular weight excluding hydrogens is 675 g/mol. The summed E-state index contributed by atoms with van der Waals surface area (Å²) in [5, 5.41) is 30.9. The normalized spacial score (nSPS) is 17.7. The average molecular weight is 696 g/mol. The number of nitrogen functional groups attached to an aromatic ring is 1. The fourth-order valence-electron chi connectivity index (χ4n) is 4.63. The van der Waals surface area contributed by atoms with Gasteiger partial charge in [0.1, 0.15) is 27.8 Å². The Morgan fingerprint density at radius 2 is 1.91 bits per heavy atom. The molecule has 2 aliphatic rings. The van der Waals surface area contributed by atoms with Crippen LogP contribution in [0.4, 0.5) is 5.13 Å². The molecule has 0 spiro atoms. The minimum Gasteiger partial charge on any atom is -0.477 e. The van der Waals surface area contributed by atoms with E-state index in [1.54, 1.807) is 31.2 Å². The van der Waals surface area contributed by atoms with Gasteiger partial charge in [0, 0.05) is 22.6 Å². The van der Waals surface area contributed by atoms with Crippen LogP contribution in [-0.2, 0) is 19.2 Å². The number of nitrogens with zero attached hydrogens (tertiary/aromatic N) is 7. The van der Waals surface area contributed by atoms with Crippen LogP contribution in [0.3, 0.4) is 0 Å². The second kappa shape index (κ2) is 12.8. The summed E-state index contributed by atoms with van der Waals surface area (Å²) in [7, 11) is 0. The maximum Gasteiger partial charge on any atom is 0.375 e. The molecule has 0 unspecified atom stereocenters. The minimum absolute atomic E-state index is 0.0135. The maximum absolute atomic E-state index is 13.4. The number of carboxylic acids is 2. The van der Waals surface area contributed by atoms with Gasteiger partial charge in [-0.15, -0.1) is 40.0 Å². The third kappa shape index (κ3) is 6.24. The molecule has 1 saturated heterocycles. The van der Waals surface area contributed by atoms with E-state index in [0.717, 1.165) is 16.2 Å². The first-order valence-corrected chi connectivity index (χ1v) is 16.3. The zero-order chi connectivity index (χ0) is 33.4. The first-order chi connectivity index (χ1) is 22.5. The van der Waals surface area contributed by atoms with Gasteiger partial charge in [-0.3, -0.25) is 14.5 Å². The summed E-state index contributed by atoms with van der Waals surface area (Å²) >= 11 is 3.45. The molecule has 0 aliphatic carbocycles. The molecule has 1 aromatic carbocycles. The number of aryl methyl sites for hydroxylation is 1. The van der Waals surface area contributed by atoms with Crippen LogP contribution in [-0.4, -0.2) is 98.0 Å². The summed E-state index contributed by atoms with van der Waals surface area (Å²) < 4.78 is 1.26. The molecule has 2 atom stereocenters. The number of aromatic nitrogens is 5. The number of thioether (sulfide) groups is 2. The number of hydrogen-bond donors (Lipinski definition) is 4. The van der Waals surface area contributed by atoms with Crippen molar-refractivity contribution in [3.63, 3.8) is 0 Å². The van der Waals surface area contributed by atoms with Crippen LogP contribution in [0.5, 0.6) is 0 Å². The molecule has 5 N–H and O–H groups in total. The Morgan fingerprint density at radius 3 is 2.60 bits per heavy atom. The quantitative estimate of drug-likeness (QED) is 0.0456. The molecule has 0 radical (unpaired) electrons. The zero-order valence-electron chi connectivity index (χ0n) is 23.9. The van der Waals surface area contributed by atoms with Crippen molar-refractivity contribution in [1.29, 1.82) is 0 Å². The lowest BCUT2D eigenvalue weighted by atomic mass is 10.0. The van der Waals surface area contributed by atoms with Gasteiger partial charge in [-0.05, 0) is 30.7 Å². The summed E-state index contributed by atoms with van der Waals surface area (Å²) in [6.45, 7) is 1.70. The molecular formula is C27H21N9O8S3. The second-order valence-corrected chi connectivity index (χ2v) is 12.8. The van der Waals surface area contributed by atoms with E-state index in [9.17, 15) is 34.2 Å². The summed E-state index contributed by atoms with van der Waals surface area (Å²) in [6, 6.07) is 8.51. The SMILES string of the molecule is Cc1cc(SCC2=C(C(=O)O)N3C(=O)[C@@H](NC(=O)C(=NOC(=O)c4ccccc4)c4csc(N)n4)[C@H]3SC2)n2nc(C(=O)O)nc2n1. The molecule has 1 fully saturated rings. The number of anilines is 1. The Kier molecular flexibility index (Phi) is 8.62. The van der Waals surface area contributed by atoms with Gasteiger partial charge in [0.2, 0.25) is 0 Å². The lowest BCUT2D eigenvalue weighted by Gasteiger charge is -2.49. The molecule has 2 aliphatic heterocycles. The smallest absolute Gasteiger partial charge is 0.375 e. The Labute approximate surface area is 275 Å². The van der Waals surface area contributed by atoms with Gasteiger partial charge in [0.25, 0.3) is 23.4 Å². The topological polar surface area (TPSA) is 245 Å². The van der Waals surface area contributed by atoms with Gasteiger partial charge in [-0.25, -0.2) is 24.4 Å². The number of amides is 2. The number of fused-ring (bicyclic) bond motifs is 2. The number of β-lactam (4-membered cyclic amide) rings is 1. The first-order valence-electron chi connectivity index (χ1n) is 13.4. The van der Waals surface area contributed by atoms with Crippen molar-refractivity contribution < 1.29 is 39.0 Å². The number of rotatable bonds is 10. The van der Waals surface area contributed by atoms with Gasteiger partial charge in [-0.2, -0.15) is 9.50 Å². The van der Waals surface area contributed by atoms with Gasteiger partial charge >= 0.3 is 17.9 Å². The van der Waals surface area contributed by atoms with Crippen LogP contribution < -0.4 is 11.1 Å². The van der Waals surface area contributed by atoms with Crippen LogP contribution in [0.2, 0.25) is 0 Å². The highest BCUT2D eigenvalue weighted by molar-refractivity contribution is 8.01. The van der Waals surface area contributed by atoms with Crippen LogP contribution in [0.25, 0.3) is 5.78 Å². The third-order valence-corrected chi connectivity index (χ3v) is 9.83. The molecule has 2 amide bonds. The number of nitrogens with two attached hydrogens (primary N) is 1. The number of hydrogen-bond acceptors (Lipinski definition) is 15. The second-order valence-electron chi connectivity index (χ2n) is 9.85. The standard InChI is InChI=1S/C27H21N9O8S3/c1-11-7-15(36-27(29-11)32-19(33-36)24(41)42)45-8-13-9-46-22-17(21(38)35(22)18(13)23(39)40)31-20(37)16(14-10-47-26(28)30-14)34-44-25(43)12-5-3-2-4-6-12/h2-7,10,17,22H,8-9H2,1H3,(H2,28,30)(H,31,37)(H,39,40)(H,41,42)/t17-,22-/m1/s1. The van der Waals surface area contributed by atoms with Crippen molar-refractivity contribution in [3.05, 3.63) is 75.8 Å². The van der Waals surface area contributed by atoms with E-state index < -0.39 is 52.7 Å². The molecule has 5 heterocycles. The van der Waals surface area contributed by atoms with E-state index in [-0.39, 0.29) is 39.4 Å². The van der Waals surface area contributed by atoms with Crippen molar-refractivity contribution in [2.45, 2.75) is 23.4 Å². The predicted molar refractivity (Wildman–Crippen MR) is 168 cm³/mol. The van der Waals surface area contributed by atoms with E-state index in [0.29, 0.717) is 16.3 Å².